The van der Waals surface area contributed by atoms with Crippen LogP contribution in [-0.2, 0) is 11.2 Å². The Labute approximate surface area is 111 Å². The molecule has 0 amide bonds. The van der Waals surface area contributed by atoms with Crippen molar-refractivity contribution in [1.82, 2.24) is 0 Å². The monoisotopic (exact) mass is 258 g/mol. The number of carboxylic acids is 1. The standard InChI is InChI=1S/C16H15FO2/c1-11-6-7-12(8-9-16(18)19)10-14(11)13-4-2-3-5-15(13)17/h2-7,10H,8-9H2,1H3,(H,18,19). The molecule has 0 saturated carbocycles. The van der Waals surface area contributed by atoms with Crippen LogP contribution in [0, 0.1) is 12.7 Å². The second-order valence-electron chi connectivity index (χ2n) is 4.52. The molecule has 0 atom stereocenters. The van der Waals surface area contributed by atoms with Crippen LogP contribution in [0.3, 0.4) is 0 Å². The molecule has 0 unspecified atom stereocenters. The van der Waals surface area contributed by atoms with Crippen LogP contribution in [-0.4, -0.2) is 11.1 Å². The molecule has 2 nitrogen and oxygen atoms in total. The van der Waals surface area contributed by atoms with Crippen LogP contribution >= 0.6 is 0 Å². The van der Waals surface area contributed by atoms with E-state index in [0.29, 0.717) is 12.0 Å². The molecule has 0 fully saturated rings. The largest absolute Gasteiger partial charge is 0.481 e. The smallest absolute Gasteiger partial charge is 0.303 e. The van der Waals surface area contributed by atoms with E-state index in [2.05, 4.69) is 0 Å². The zero-order chi connectivity index (χ0) is 13.8. The molecule has 0 aliphatic carbocycles. The van der Waals surface area contributed by atoms with E-state index in [0.717, 1.165) is 16.7 Å². The summed E-state index contributed by atoms with van der Waals surface area (Å²) >= 11 is 0. The predicted octanol–water partition coefficient (Wildman–Crippen LogP) is 3.82. The van der Waals surface area contributed by atoms with Gasteiger partial charge in [0.2, 0.25) is 0 Å². The molecule has 0 spiro atoms. The van der Waals surface area contributed by atoms with Gasteiger partial charge in [-0.25, -0.2) is 4.39 Å². The van der Waals surface area contributed by atoms with Gasteiger partial charge in [0.25, 0.3) is 0 Å². The Morgan fingerprint density at radius 3 is 2.58 bits per heavy atom. The van der Waals surface area contributed by atoms with Crippen molar-refractivity contribution in [3.05, 3.63) is 59.4 Å². The van der Waals surface area contributed by atoms with Gasteiger partial charge in [0, 0.05) is 12.0 Å². The summed E-state index contributed by atoms with van der Waals surface area (Å²) in [5.74, 6) is -1.09. The van der Waals surface area contributed by atoms with Gasteiger partial charge in [-0.2, -0.15) is 0 Å². The van der Waals surface area contributed by atoms with Crippen molar-refractivity contribution in [2.24, 2.45) is 0 Å². The number of carboxylic acid groups (broad SMARTS) is 1. The van der Waals surface area contributed by atoms with Crippen LogP contribution < -0.4 is 0 Å². The van der Waals surface area contributed by atoms with Crippen molar-refractivity contribution in [1.29, 1.82) is 0 Å². The highest BCUT2D eigenvalue weighted by Gasteiger charge is 2.08. The molecule has 0 heterocycles. The van der Waals surface area contributed by atoms with Gasteiger partial charge in [-0.1, -0.05) is 36.4 Å². The SMILES string of the molecule is Cc1ccc(CCC(=O)O)cc1-c1ccccc1F. The minimum absolute atomic E-state index is 0.0831. The van der Waals surface area contributed by atoms with Gasteiger partial charge in [-0.05, 0) is 36.1 Å². The molecule has 0 saturated heterocycles. The number of aryl methyl sites for hydroxylation is 2. The van der Waals surface area contributed by atoms with Crippen molar-refractivity contribution >= 4 is 5.97 Å². The zero-order valence-electron chi connectivity index (χ0n) is 10.7. The Morgan fingerprint density at radius 1 is 1.16 bits per heavy atom. The van der Waals surface area contributed by atoms with E-state index in [9.17, 15) is 9.18 Å². The molecule has 0 radical (unpaired) electrons. The molecule has 2 aromatic rings. The third-order valence-electron chi connectivity index (χ3n) is 3.09. The van der Waals surface area contributed by atoms with Gasteiger partial charge in [-0.15, -0.1) is 0 Å². The highest BCUT2D eigenvalue weighted by molar-refractivity contribution is 5.69. The second kappa shape index (κ2) is 5.65. The van der Waals surface area contributed by atoms with Gasteiger partial charge in [0.15, 0.2) is 0 Å². The molecule has 0 aromatic heterocycles. The molecule has 3 heteroatoms. The first-order chi connectivity index (χ1) is 9.08. The Morgan fingerprint density at radius 2 is 1.89 bits per heavy atom. The Kier molecular flexibility index (Phi) is 3.95. The maximum absolute atomic E-state index is 13.8. The molecule has 0 aliphatic heterocycles. The molecule has 19 heavy (non-hydrogen) atoms. The predicted molar refractivity (Wildman–Crippen MR) is 72.5 cm³/mol. The summed E-state index contributed by atoms with van der Waals surface area (Å²) in [7, 11) is 0. The summed E-state index contributed by atoms with van der Waals surface area (Å²) in [4.78, 5) is 10.6. The number of benzene rings is 2. The third kappa shape index (κ3) is 3.19. The summed E-state index contributed by atoms with van der Waals surface area (Å²) in [5.41, 5.74) is 3.26. The van der Waals surface area contributed by atoms with Crippen molar-refractivity contribution in [3.63, 3.8) is 0 Å². The second-order valence-corrected chi connectivity index (χ2v) is 4.52. The third-order valence-corrected chi connectivity index (χ3v) is 3.09. The zero-order valence-corrected chi connectivity index (χ0v) is 10.7. The molecule has 0 aliphatic rings. The first-order valence-electron chi connectivity index (χ1n) is 6.14. The number of aliphatic carboxylic acids is 1. The summed E-state index contributed by atoms with van der Waals surface area (Å²) < 4.78 is 13.8. The number of halogens is 1. The normalized spacial score (nSPS) is 10.4. The highest BCUT2D eigenvalue weighted by Crippen LogP contribution is 2.27. The van der Waals surface area contributed by atoms with Crippen LogP contribution in [0.15, 0.2) is 42.5 Å². The number of hydrogen-bond donors (Lipinski definition) is 1. The maximum atomic E-state index is 13.8. The number of hydrogen-bond acceptors (Lipinski definition) is 1. The summed E-state index contributed by atoms with van der Waals surface area (Å²) in [5, 5.41) is 8.70. The highest BCUT2D eigenvalue weighted by atomic mass is 19.1. The minimum atomic E-state index is -0.826. The van der Waals surface area contributed by atoms with E-state index in [4.69, 9.17) is 5.11 Å². The lowest BCUT2D eigenvalue weighted by atomic mass is 9.96. The van der Waals surface area contributed by atoms with Crippen molar-refractivity contribution in [2.75, 3.05) is 0 Å². The van der Waals surface area contributed by atoms with Crippen LogP contribution in [0.25, 0.3) is 11.1 Å². The quantitative estimate of drug-likeness (QED) is 0.905. The van der Waals surface area contributed by atoms with Crippen molar-refractivity contribution in [3.8, 4) is 11.1 Å². The molecule has 2 rings (SSSR count). The van der Waals surface area contributed by atoms with E-state index in [1.165, 1.54) is 6.07 Å². The topological polar surface area (TPSA) is 37.3 Å². The fraction of sp³-hybridized carbons (Fsp3) is 0.188. The average Bonchev–Trinajstić information content (AvgIpc) is 2.38. The van der Waals surface area contributed by atoms with Crippen LogP contribution in [0.4, 0.5) is 4.39 Å². The molecule has 1 N–H and O–H groups in total. The lowest BCUT2D eigenvalue weighted by Gasteiger charge is -2.09. The Bertz CT molecular complexity index is 605. The van der Waals surface area contributed by atoms with Gasteiger partial charge >= 0.3 is 5.97 Å². The van der Waals surface area contributed by atoms with Crippen molar-refractivity contribution < 1.29 is 14.3 Å². The average molecular weight is 258 g/mol. The molecule has 98 valence electrons. The van der Waals surface area contributed by atoms with E-state index < -0.39 is 5.97 Å². The summed E-state index contributed by atoms with van der Waals surface area (Å²) in [6, 6.07) is 12.3. The van der Waals surface area contributed by atoms with E-state index in [1.807, 2.05) is 25.1 Å². The van der Waals surface area contributed by atoms with Gasteiger partial charge in [0.05, 0.1) is 0 Å². The molecular formula is C16H15FO2. The van der Waals surface area contributed by atoms with Crippen molar-refractivity contribution in [2.45, 2.75) is 19.8 Å². The van der Waals surface area contributed by atoms with E-state index in [1.54, 1.807) is 18.2 Å². The first-order valence-corrected chi connectivity index (χ1v) is 6.14. The lowest BCUT2D eigenvalue weighted by Crippen LogP contribution is -1.98. The minimum Gasteiger partial charge on any atom is -0.481 e. The van der Waals surface area contributed by atoms with Crippen LogP contribution in [0.5, 0.6) is 0 Å². The summed E-state index contributed by atoms with van der Waals surface area (Å²) in [6.07, 6.45) is 0.539. The maximum Gasteiger partial charge on any atom is 0.303 e. The first kappa shape index (κ1) is 13.3. The molecule has 2 aromatic carbocycles. The van der Waals surface area contributed by atoms with Crippen LogP contribution in [0.2, 0.25) is 0 Å². The van der Waals surface area contributed by atoms with Gasteiger partial charge in [0.1, 0.15) is 5.82 Å². The van der Waals surface area contributed by atoms with E-state index >= 15 is 0 Å². The Hall–Kier alpha value is -2.16. The fourth-order valence-corrected chi connectivity index (χ4v) is 2.05. The molecular weight excluding hydrogens is 243 g/mol. The Balaban J connectivity index is 2.37. The van der Waals surface area contributed by atoms with E-state index in [-0.39, 0.29) is 12.2 Å². The number of rotatable bonds is 4. The fourth-order valence-electron chi connectivity index (χ4n) is 2.05. The van der Waals surface area contributed by atoms with Gasteiger partial charge < -0.3 is 5.11 Å². The lowest BCUT2D eigenvalue weighted by molar-refractivity contribution is -0.136. The number of carbonyl (C=O) groups is 1. The van der Waals surface area contributed by atoms with Crippen LogP contribution in [0.1, 0.15) is 17.5 Å². The molecule has 0 bridgehead atoms. The summed E-state index contributed by atoms with van der Waals surface area (Å²) in [6.45, 7) is 1.92. The van der Waals surface area contributed by atoms with Gasteiger partial charge in [-0.3, -0.25) is 4.79 Å².